The topological polar surface area (TPSA) is 114 Å². The number of imidazole rings is 1. The molecule has 5 aromatic rings. The van der Waals surface area contributed by atoms with E-state index in [0.717, 1.165) is 31.4 Å². The molecule has 0 spiro atoms. The number of ether oxygens (including phenoxy) is 2. The molecule has 0 aromatic carbocycles. The number of halogens is 6. The van der Waals surface area contributed by atoms with Crippen LogP contribution in [0.15, 0.2) is 41.5 Å². The van der Waals surface area contributed by atoms with Crippen LogP contribution in [0, 0.1) is 5.82 Å². The summed E-state index contributed by atoms with van der Waals surface area (Å²) in [5.74, 6) is -1.60. The molecule has 10 nitrogen and oxygen atoms in total. The van der Waals surface area contributed by atoms with Crippen molar-refractivity contribution in [1.82, 2.24) is 34.5 Å². The second kappa shape index (κ2) is 10.2. The number of pyridine rings is 1. The average molecular weight is 603 g/mol. The highest BCUT2D eigenvalue weighted by Gasteiger charge is 2.38. The minimum absolute atomic E-state index is 0.00123. The van der Waals surface area contributed by atoms with E-state index in [1.165, 1.54) is 23.1 Å². The first-order valence-electron chi connectivity index (χ1n) is 13.1. The fourth-order valence-electron chi connectivity index (χ4n) is 4.69. The molecule has 16 heteroatoms. The van der Waals surface area contributed by atoms with Gasteiger partial charge in [-0.1, -0.05) is 0 Å². The van der Waals surface area contributed by atoms with Crippen molar-refractivity contribution in [3.05, 3.63) is 59.9 Å². The van der Waals surface area contributed by atoms with Crippen LogP contribution in [0.4, 0.5) is 26.3 Å². The van der Waals surface area contributed by atoms with Crippen LogP contribution in [-0.2, 0) is 12.8 Å². The summed E-state index contributed by atoms with van der Waals surface area (Å²) in [4.78, 5) is 24.6. The van der Waals surface area contributed by atoms with Crippen LogP contribution in [-0.4, -0.2) is 41.1 Å². The number of aromatic nitrogens is 7. The molecule has 0 saturated heterocycles. The van der Waals surface area contributed by atoms with Crippen LogP contribution in [0.2, 0.25) is 0 Å². The van der Waals surface area contributed by atoms with Gasteiger partial charge in [-0.25, -0.2) is 29.3 Å². The molecule has 222 valence electrons. The highest BCUT2D eigenvalue weighted by Crippen LogP contribution is 2.46. The van der Waals surface area contributed by atoms with E-state index in [2.05, 4.69) is 34.6 Å². The van der Waals surface area contributed by atoms with E-state index in [4.69, 9.17) is 9.15 Å². The lowest BCUT2D eigenvalue weighted by Gasteiger charge is -2.13. The molecule has 5 aromatic heterocycles. The standard InChI is InChI=1S/C27H19F6N7O3/c28-15-7-12(8-34-20(15)23-38-17(27(31,32)33)9-40(23)14-3-4-14)10-42-25-21-16(5-6-41-21)37-22(39-25)18-19(13-1-2-13)35-11-36-24(18)43-26(29)30/h5-9,11,13-14,26H,1-4,10H2. The Balaban J connectivity index is 1.20. The Bertz CT molecular complexity index is 1830. The highest BCUT2D eigenvalue weighted by atomic mass is 19.4. The first-order valence-corrected chi connectivity index (χ1v) is 13.1. The third kappa shape index (κ3) is 5.32. The van der Waals surface area contributed by atoms with E-state index in [1.54, 1.807) is 0 Å². The van der Waals surface area contributed by atoms with Gasteiger partial charge in [-0.2, -0.15) is 26.9 Å². The maximum Gasteiger partial charge on any atom is 0.434 e. The van der Waals surface area contributed by atoms with Crippen LogP contribution < -0.4 is 9.47 Å². The summed E-state index contributed by atoms with van der Waals surface area (Å²) in [5.41, 5.74) is -0.237. The second-order valence-electron chi connectivity index (χ2n) is 10.1. The van der Waals surface area contributed by atoms with Gasteiger partial charge in [0.2, 0.25) is 11.5 Å². The van der Waals surface area contributed by atoms with Crippen molar-refractivity contribution < 1.29 is 40.2 Å². The Morgan fingerprint density at radius 1 is 1.02 bits per heavy atom. The Kier molecular flexibility index (Phi) is 6.43. The van der Waals surface area contributed by atoms with Crippen molar-refractivity contribution >= 4 is 11.1 Å². The zero-order valence-electron chi connectivity index (χ0n) is 21.9. The lowest BCUT2D eigenvalue weighted by atomic mass is 10.1. The maximum absolute atomic E-state index is 15.2. The van der Waals surface area contributed by atoms with Crippen molar-refractivity contribution in [3.63, 3.8) is 0 Å². The van der Waals surface area contributed by atoms with Crippen molar-refractivity contribution in [2.45, 2.75) is 57.0 Å². The first kappa shape index (κ1) is 27.1. The molecular weight excluding hydrogens is 584 g/mol. The molecule has 0 atom stereocenters. The Morgan fingerprint density at radius 2 is 1.84 bits per heavy atom. The fraction of sp³-hybridized carbons (Fsp3) is 0.333. The van der Waals surface area contributed by atoms with Crippen molar-refractivity contribution in [1.29, 1.82) is 0 Å². The summed E-state index contributed by atoms with van der Waals surface area (Å²) >= 11 is 0. The number of furan rings is 1. The lowest BCUT2D eigenvalue weighted by Crippen LogP contribution is -2.09. The minimum Gasteiger partial charge on any atom is -0.470 e. The third-order valence-electron chi connectivity index (χ3n) is 6.95. The highest BCUT2D eigenvalue weighted by molar-refractivity contribution is 5.81. The van der Waals surface area contributed by atoms with E-state index < -0.39 is 24.3 Å². The van der Waals surface area contributed by atoms with Gasteiger partial charge in [0.15, 0.2) is 23.2 Å². The van der Waals surface area contributed by atoms with Gasteiger partial charge >= 0.3 is 12.8 Å². The smallest absolute Gasteiger partial charge is 0.434 e. The molecule has 7 rings (SSSR count). The molecule has 43 heavy (non-hydrogen) atoms. The van der Waals surface area contributed by atoms with Gasteiger partial charge in [0.25, 0.3) is 5.88 Å². The number of hydrogen-bond donors (Lipinski definition) is 0. The molecule has 0 aliphatic heterocycles. The SMILES string of the molecule is Fc1cc(COc2nc(-c3c(OC(F)F)ncnc3C3CC3)nc3ccoc23)cnc1-c1nc(C(F)(F)F)cn1C1CC1. The van der Waals surface area contributed by atoms with Crippen LogP contribution >= 0.6 is 0 Å². The summed E-state index contributed by atoms with van der Waals surface area (Å²) in [6.45, 7) is -3.43. The van der Waals surface area contributed by atoms with Gasteiger partial charge in [0, 0.05) is 36.0 Å². The molecule has 5 heterocycles. The van der Waals surface area contributed by atoms with Crippen LogP contribution in [0.5, 0.6) is 11.8 Å². The number of nitrogens with zero attached hydrogens (tertiary/aromatic N) is 7. The van der Waals surface area contributed by atoms with Crippen LogP contribution in [0.1, 0.15) is 54.6 Å². The van der Waals surface area contributed by atoms with Gasteiger partial charge < -0.3 is 18.5 Å². The van der Waals surface area contributed by atoms with E-state index in [-0.39, 0.29) is 64.4 Å². The van der Waals surface area contributed by atoms with E-state index in [0.29, 0.717) is 24.1 Å². The summed E-state index contributed by atoms with van der Waals surface area (Å²) in [6.07, 6.45) is 2.81. The van der Waals surface area contributed by atoms with E-state index >= 15 is 4.39 Å². The number of hydrogen-bond acceptors (Lipinski definition) is 9. The molecule has 0 bridgehead atoms. The maximum atomic E-state index is 15.2. The summed E-state index contributed by atoms with van der Waals surface area (Å²) in [6, 6.07) is 2.40. The number of fused-ring (bicyclic) bond motifs is 1. The Labute approximate surface area is 237 Å². The van der Waals surface area contributed by atoms with Crippen molar-refractivity contribution in [2.75, 3.05) is 0 Å². The molecule has 2 aliphatic rings. The third-order valence-corrected chi connectivity index (χ3v) is 6.95. The largest absolute Gasteiger partial charge is 0.470 e. The molecule has 0 unspecified atom stereocenters. The molecule has 2 fully saturated rings. The van der Waals surface area contributed by atoms with Crippen molar-refractivity contribution in [3.8, 4) is 34.7 Å². The zero-order valence-corrected chi connectivity index (χ0v) is 21.9. The van der Waals surface area contributed by atoms with Gasteiger partial charge in [0.05, 0.1) is 12.0 Å². The summed E-state index contributed by atoms with van der Waals surface area (Å²) < 4.78 is 98.7. The van der Waals surface area contributed by atoms with Gasteiger partial charge in [-0.15, -0.1) is 0 Å². The Morgan fingerprint density at radius 3 is 2.53 bits per heavy atom. The first-order chi connectivity index (χ1) is 20.7. The summed E-state index contributed by atoms with van der Waals surface area (Å²) in [7, 11) is 0. The second-order valence-corrected chi connectivity index (χ2v) is 10.1. The lowest BCUT2D eigenvalue weighted by molar-refractivity contribution is -0.140. The molecule has 0 N–H and O–H groups in total. The predicted molar refractivity (Wildman–Crippen MR) is 134 cm³/mol. The van der Waals surface area contributed by atoms with Crippen LogP contribution in [0.25, 0.3) is 34.0 Å². The minimum atomic E-state index is -4.69. The van der Waals surface area contributed by atoms with E-state index in [1.807, 2.05) is 0 Å². The average Bonchev–Trinajstić information content (AvgIpc) is 3.89. The molecule has 2 saturated carbocycles. The fourth-order valence-corrected chi connectivity index (χ4v) is 4.69. The van der Waals surface area contributed by atoms with Gasteiger partial charge in [0.1, 0.15) is 29.7 Å². The van der Waals surface area contributed by atoms with Crippen molar-refractivity contribution in [2.24, 2.45) is 0 Å². The predicted octanol–water partition coefficient (Wildman–Crippen LogP) is 6.49. The molecule has 0 amide bonds. The van der Waals surface area contributed by atoms with E-state index in [9.17, 15) is 22.0 Å². The zero-order chi connectivity index (χ0) is 29.9. The normalized spacial score (nSPS) is 15.4. The van der Waals surface area contributed by atoms with Gasteiger partial charge in [-0.3, -0.25) is 0 Å². The van der Waals surface area contributed by atoms with Gasteiger partial charge in [-0.05, 0) is 31.7 Å². The number of alkyl halides is 5. The molecule has 0 radical (unpaired) electrons. The number of rotatable bonds is 9. The van der Waals surface area contributed by atoms with Crippen LogP contribution in [0.3, 0.4) is 0 Å². The summed E-state index contributed by atoms with van der Waals surface area (Å²) in [5, 5.41) is 0. The molecular formula is C27H19F6N7O3. The monoisotopic (exact) mass is 603 g/mol. The quantitative estimate of drug-likeness (QED) is 0.175. The molecule has 2 aliphatic carbocycles. The Hall–Kier alpha value is -4.76.